The normalized spacial score (nSPS) is 12.2. The lowest BCUT2D eigenvalue weighted by molar-refractivity contribution is -0.130. The number of carbonyl (C=O) groups excluding carboxylic acids is 1. The van der Waals surface area contributed by atoms with Crippen molar-refractivity contribution in [1.29, 1.82) is 0 Å². The first-order chi connectivity index (χ1) is 6.66. The van der Waals surface area contributed by atoms with Gasteiger partial charge in [-0.25, -0.2) is 0 Å². The number of hydrogen-bond donors (Lipinski definition) is 1. The van der Waals surface area contributed by atoms with E-state index in [-0.39, 0.29) is 11.8 Å². The molecular formula is C10H15N3O. The summed E-state index contributed by atoms with van der Waals surface area (Å²) in [5.74, 6) is -0.265. The zero-order valence-corrected chi connectivity index (χ0v) is 8.47. The lowest BCUT2D eigenvalue weighted by Gasteiger charge is -2.18. The van der Waals surface area contributed by atoms with E-state index < -0.39 is 0 Å². The first kappa shape index (κ1) is 10.7. The molecule has 0 aliphatic rings. The van der Waals surface area contributed by atoms with E-state index in [1.54, 1.807) is 37.5 Å². The minimum atomic E-state index is -0.279. The molecule has 2 N–H and O–H groups in total. The minimum Gasteiger partial charge on any atom is -0.348 e. The van der Waals surface area contributed by atoms with Gasteiger partial charge in [0.2, 0.25) is 5.91 Å². The maximum Gasteiger partial charge on any atom is 0.230 e. The summed E-state index contributed by atoms with van der Waals surface area (Å²) < 4.78 is 0. The molecule has 1 atom stereocenters. The summed E-state index contributed by atoms with van der Waals surface area (Å²) in [4.78, 5) is 17.2. The van der Waals surface area contributed by atoms with Crippen LogP contribution in [0.5, 0.6) is 0 Å². The van der Waals surface area contributed by atoms with Crippen LogP contribution in [-0.2, 0) is 4.79 Å². The van der Waals surface area contributed by atoms with Crippen molar-refractivity contribution in [2.24, 2.45) is 5.73 Å². The Morgan fingerprint density at radius 2 is 2.36 bits per heavy atom. The second-order valence-corrected chi connectivity index (χ2v) is 3.31. The molecular weight excluding hydrogens is 178 g/mol. The number of aromatic nitrogens is 1. The van der Waals surface area contributed by atoms with Crippen LogP contribution in [0.4, 0.5) is 0 Å². The lowest BCUT2D eigenvalue weighted by Crippen LogP contribution is -2.32. The molecule has 0 aliphatic carbocycles. The molecule has 4 heteroatoms. The first-order valence-electron chi connectivity index (χ1n) is 4.48. The quantitative estimate of drug-likeness (QED) is 0.746. The Balaban J connectivity index is 2.88. The fourth-order valence-electron chi connectivity index (χ4n) is 1.27. The van der Waals surface area contributed by atoms with Gasteiger partial charge < -0.3 is 10.6 Å². The van der Waals surface area contributed by atoms with Gasteiger partial charge in [0.05, 0.1) is 5.92 Å². The van der Waals surface area contributed by atoms with Crippen LogP contribution in [0.3, 0.4) is 0 Å². The van der Waals surface area contributed by atoms with Gasteiger partial charge in [-0.2, -0.15) is 0 Å². The number of rotatable bonds is 3. The molecule has 0 aromatic carbocycles. The molecule has 0 bridgehead atoms. The van der Waals surface area contributed by atoms with E-state index in [4.69, 9.17) is 5.73 Å². The molecule has 0 fully saturated rings. The molecule has 1 aromatic heterocycles. The Hall–Kier alpha value is -1.42. The third kappa shape index (κ3) is 2.29. The molecule has 0 aliphatic heterocycles. The fraction of sp³-hybridized carbons (Fsp3) is 0.400. The standard InChI is InChI=1S/C10H15N3O/c1-13(2)10(14)9(6-11)8-4-3-5-12-7-8/h3-5,7,9H,6,11H2,1-2H3. The monoisotopic (exact) mass is 193 g/mol. The summed E-state index contributed by atoms with van der Waals surface area (Å²) in [6, 6.07) is 3.67. The summed E-state index contributed by atoms with van der Waals surface area (Å²) in [7, 11) is 3.45. The van der Waals surface area contributed by atoms with Crippen LogP contribution in [0.25, 0.3) is 0 Å². The summed E-state index contributed by atoms with van der Waals surface area (Å²) in [6.45, 7) is 0.308. The second-order valence-electron chi connectivity index (χ2n) is 3.31. The molecule has 14 heavy (non-hydrogen) atoms. The fourth-order valence-corrected chi connectivity index (χ4v) is 1.27. The lowest BCUT2D eigenvalue weighted by atomic mass is 10.00. The molecule has 1 amide bonds. The summed E-state index contributed by atoms with van der Waals surface area (Å²) in [6.07, 6.45) is 3.36. The van der Waals surface area contributed by atoms with Crippen molar-refractivity contribution in [1.82, 2.24) is 9.88 Å². The van der Waals surface area contributed by atoms with E-state index in [0.29, 0.717) is 6.54 Å². The number of carbonyl (C=O) groups is 1. The Bertz CT molecular complexity index is 297. The van der Waals surface area contributed by atoms with Crippen LogP contribution < -0.4 is 5.73 Å². The highest BCUT2D eigenvalue weighted by atomic mass is 16.2. The van der Waals surface area contributed by atoms with Crippen LogP contribution in [0.1, 0.15) is 11.5 Å². The number of hydrogen-bond acceptors (Lipinski definition) is 3. The Kier molecular flexibility index (Phi) is 3.59. The topological polar surface area (TPSA) is 59.2 Å². The number of likely N-dealkylation sites (N-methyl/N-ethyl adjacent to an activating group) is 1. The summed E-state index contributed by atoms with van der Waals surface area (Å²) >= 11 is 0. The molecule has 0 saturated heterocycles. The largest absolute Gasteiger partial charge is 0.348 e. The van der Waals surface area contributed by atoms with Crippen LogP contribution in [0.15, 0.2) is 24.5 Å². The molecule has 0 saturated carbocycles. The van der Waals surface area contributed by atoms with Crippen LogP contribution in [-0.4, -0.2) is 36.4 Å². The van der Waals surface area contributed by atoms with Gasteiger partial charge in [0.15, 0.2) is 0 Å². The maximum absolute atomic E-state index is 11.7. The van der Waals surface area contributed by atoms with Crippen molar-refractivity contribution in [2.45, 2.75) is 5.92 Å². The van der Waals surface area contributed by atoms with Gasteiger partial charge in [0, 0.05) is 33.0 Å². The number of nitrogens with two attached hydrogens (primary N) is 1. The second kappa shape index (κ2) is 4.72. The van der Waals surface area contributed by atoms with Gasteiger partial charge >= 0.3 is 0 Å². The van der Waals surface area contributed by atoms with Crippen molar-refractivity contribution in [3.8, 4) is 0 Å². The van der Waals surface area contributed by atoms with Crippen LogP contribution in [0.2, 0.25) is 0 Å². The van der Waals surface area contributed by atoms with Gasteiger partial charge in [0.25, 0.3) is 0 Å². The zero-order chi connectivity index (χ0) is 10.6. The van der Waals surface area contributed by atoms with E-state index >= 15 is 0 Å². The number of amides is 1. The average Bonchev–Trinajstić information content (AvgIpc) is 2.20. The zero-order valence-electron chi connectivity index (χ0n) is 8.47. The predicted octanol–water partition coefficient (Wildman–Crippen LogP) is 0.212. The van der Waals surface area contributed by atoms with Crippen molar-refractivity contribution in [3.63, 3.8) is 0 Å². The highest BCUT2D eigenvalue weighted by molar-refractivity contribution is 5.83. The molecule has 4 nitrogen and oxygen atoms in total. The van der Waals surface area contributed by atoms with Gasteiger partial charge in [-0.1, -0.05) is 6.07 Å². The van der Waals surface area contributed by atoms with E-state index in [0.717, 1.165) is 5.56 Å². The maximum atomic E-state index is 11.7. The van der Waals surface area contributed by atoms with Crippen molar-refractivity contribution in [2.75, 3.05) is 20.6 Å². The van der Waals surface area contributed by atoms with E-state index in [1.165, 1.54) is 0 Å². The Labute approximate surface area is 83.7 Å². The van der Waals surface area contributed by atoms with Crippen LogP contribution >= 0.6 is 0 Å². The van der Waals surface area contributed by atoms with E-state index in [9.17, 15) is 4.79 Å². The summed E-state index contributed by atoms with van der Waals surface area (Å²) in [5.41, 5.74) is 6.44. The smallest absolute Gasteiger partial charge is 0.230 e. The number of pyridine rings is 1. The van der Waals surface area contributed by atoms with Crippen molar-refractivity contribution < 1.29 is 4.79 Å². The molecule has 1 unspecified atom stereocenters. The Morgan fingerprint density at radius 1 is 1.64 bits per heavy atom. The van der Waals surface area contributed by atoms with E-state index in [1.807, 2.05) is 6.07 Å². The highest BCUT2D eigenvalue weighted by Gasteiger charge is 2.20. The first-order valence-corrected chi connectivity index (χ1v) is 4.48. The molecule has 0 radical (unpaired) electrons. The van der Waals surface area contributed by atoms with Crippen LogP contribution in [0, 0.1) is 0 Å². The third-order valence-corrected chi connectivity index (χ3v) is 2.06. The highest BCUT2D eigenvalue weighted by Crippen LogP contribution is 2.14. The molecule has 1 heterocycles. The Morgan fingerprint density at radius 3 is 2.79 bits per heavy atom. The van der Waals surface area contributed by atoms with Gasteiger partial charge in [-0.3, -0.25) is 9.78 Å². The van der Waals surface area contributed by atoms with Crippen molar-refractivity contribution >= 4 is 5.91 Å². The van der Waals surface area contributed by atoms with Gasteiger partial charge in [-0.05, 0) is 11.6 Å². The predicted molar refractivity (Wildman–Crippen MR) is 54.7 cm³/mol. The number of nitrogens with zero attached hydrogens (tertiary/aromatic N) is 2. The van der Waals surface area contributed by atoms with Gasteiger partial charge in [-0.15, -0.1) is 0 Å². The molecule has 0 spiro atoms. The molecule has 76 valence electrons. The van der Waals surface area contributed by atoms with E-state index in [2.05, 4.69) is 4.98 Å². The summed E-state index contributed by atoms with van der Waals surface area (Å²) in [5, 5.41) is 0. The average molecular weight is 193 g/mol. The van der Waals surface area contributed by atoms with Gasteiger partial charge in [0.1, 0.15) is 0 Å². The SMILES string of the molecule is CN(C)C(=O)C(CN)c1cccnc1. The van der Waals surface area contributed by atoms with Crippen molar-refractivity contribution in [3.05, 3.63) is 30.1 Å². The molecule has 1 aromatic rings. The third-order valence-electron chi connectivity index (χ3n) is 2.06. The molecule has 1 rings (SSSR count). The minimum absolute atomic E-state index is 0.0144.